The lowest BCUT2D eigenvalue weighted by Gasteiger charge is -2.12. The van der Waals surface area contributed by atoms with E-state index in [4.69, 9.17) is 4.74 Å². The Morgan fingerprint density at radius 2 is 1.65 bits per heavy atom. The van der Waals surface area contributed by atoms with Gasteiger partial charge in [-0.3, -0.25) is 0 Å². The molecule has 0 fully saturated rings. The molecule has 134 valence electrons. The Morgan fingerprint density at radius 1 is 1.08 bits per heavy atom. The van der Waals surface area contributed by atoms with Crippen LogP contribution < -0.4 is 10.9 Å². The van der Waals surface area contributed by atoms with E-state index in [1.807, 2.05) is 10.8 Å². The maximum absolute atomic E-state index is 4.81. The van der Waals surface area contributed by atoms with Gasteiger partial charge in [0.2, 0.25) is 6.71 Å². The topological polar surface area (TPSA) is 27.1 Å². The summed E-state index contributed by atoms with van der Waals surface area (Å²) in [6.07, 6.45) is 8.54. The van der Waals surface area contributed by atoms with Crippen LogP contribution in [-0.4, -0.2) is 23.4 Å². The minimum Gasteiger partial charge on any atom is -0.364 e. The molecule has 26 heavy (non-hydrogen) atoms. The van der Waals surface area contributed by atoms with Crippen LogP contribution in [0.5, 0.6) is 0 Å². The number of hydrogen-bond donors (Lipinski definition) is 0. The highest BCUT2D eigenvalue weighted by Gasteiger charge is 2.16. The quantitative estimate of drug-likeness (QED) is 0.572. The second-order valence-electron chi connectivity index (χ2n) is 5.90. The van der Waals surface area contributed by atoms with Gasteiger partial charge in [0.05, 0.1) is 6.33 Å². The van der Waals surface area contributed by atoms with Crippen molar-refractivity contribution in [2.45, 2.75) is 20.0 Å². The van der Waals surface area contributed by atoms with Crippen LogP contribution in [0.1, 0.15) is 6.92 Å². The number of hydrogen-bond acceptors (Lipinski definition) is 2. The van der Waals surface area contributed by atoms with Crippen LogP contribution in [0.2, 0.25) is 6.32 Å². The normalized spacial score (nSPS) is 10.8. The number of imidazole rings is 1. The van der Waals surface area contributed by atoms with Crippen molar-refractivity contribution in [2.24, 2.45) is 0 Å². The third-order valence-electron chi connectivity index (χ3n) is 3.88. The molecule has 0 aliphatic carbocycles. The molecule has 0 amide bonds. The molecule has 0 aliphatic rings. The average Bonchev–Trinajstić information content (AvgIpc) is 3.18. The van der Waals surface area contributed by atoms with E-state index in [-0.39, 0.29) is 0 Å². The predicted octanol–water partition coefficient (Wildman–Crippen LogP) is 4.08. The summed E-state index contributed by atoms with van der Waals surface area (Å²) in [7, 11) is 1.65. The van der Waals surface area contributed by atoms with Crippen molar-refractivity contribution >= 4 is 33.6 Å². The van der Waals surface area contributed by atoms with Crippen molar-refractivity contribution in [3.8, 4) is 0 Å². The molecular weight excluding hydrogens is 387 g/mol. The second kappa shape index (κ2) is 11.5. The fourth-order valence-electron chi connectivity index (χ4n) is 2.63. The summed E-state index contributed by atoms with van der Waals surface area (Å²) >= 11 is 3.51. The van der Waals surface area contributed by atoms with E-state index >= 15 is 0 Å². The molecule has 3 rings (SSSR count). The van der Waals surface area contributed by atoms with Gasteiger partial charge in [0.25, 0.3) is 0 Å². The fraction of sp³-hybridized carbons (Fsp3) is 0.190. The molecular formula is C21H24BBrN2O. The molecule has 3 nitrogen and oxygen atoms in total. The van der Waals surface area contributed by atoms with Crippen LogP contribution in [0.25, 0.3) is 0 Å². The molecule has 2 aromatic carbocycles. The summed E-state index contributed by atoms with van der Waals surface area (Å²) in [5, 5.41) is 0. The first kappa shape index (κ1) is 20.2. The maximum atomic E-state index is 4.81. The van der Waals surface area contributed by atoms with Crippen molar-refractivity contribution in [2.75, 3.05) is 7.11 Å². The number of halogens is 1. The van der Waals surface area contributed by atoms with E-state index in [0.717, 1.165) is 6.32 Å². The summed E-state index contributed by atoms with van der Waals surface area (Å²) in [5.41, 5.74) is 2.74. The van der Waals surface area contributed by atoms with Crippen molar-refractivity contribution in [3.05, 3.63) is 89.9 Å². The van der Waals surface area contributed by atoms with Gasteiger partial charge in [-0.15, -0.1) is 0 Å². The van der Waals surface area contributed by atoms with Gasteiger partial charge in [-0.1, -0.05) is 93.6 Å². The van der Waals surface area contributed by atoms with E-state index < -0.39 is 0 Å². The zero-order valence-electron chi connectivity index (χ0n) is 15.3. The van der Waals surface area contributed by atoms with Crippen LogP contribution in [0.15, 0.2) is 89.9 Å². The Labute approximate surface area is 164 Å². The number of benzene rings is 2. The summed E-state index contributed by atoms with van der Waals surface area (Å²) in [6, 6.07) is 21.4. The molecule has 0 N–H and O–H groups in total. The van der Waals surface area contributed by atoms with E-state index in [1.54, 1.807) is 19.6 Å². The minimum absolute atomic E-state index is 0.430. The molecule has 5 heteroatoms. The second-order valence-corrected chi connectivity index (χ2v) is 7.15. The average molecular weight is 411 g/mol. The highest BCUT2D eigenvalue weighted by Crippen LogP contribution is 2.07. The molecule has 0 bridgehead atoms. The molecule has 3 aromatic rings. The Bertz CT molecular complexity index is 718. The van der Waals surface area contributed by atoms with Gasteiger partial charge in [0.15, 0.2) is 0 Å². The number of rotatable bonds is 6. The SMILES string of the molecule is CC(Br)=CCB(c1ccccc1)c1ccccc1.COCn1ccnc1. The van der Waals surface area contributed by atoms with Crippen LogP contribution >= 0.6 is 15.9 Å². The molecule has 1 aromatic heterocycles. The number of allylic oxidation sites excluding steroid dienone is 2. The number of ether oxygens (including phenoxy) is 1. The number of aromatic nitrogens is 2. The maximum Gasteiger partial charge on any atom is 0.213 e. The van der Waals surface area contributed by atoms with Gasteiger partial charge in [-0.2, -0.15) is 0 Å². The smallest absolute Gasteiger partial charge is 0.213 e. The fourth-order valence-corrected chi connectivity index (χ4v) is 2.81. The molecule has 0 spiro atoms. The van der Waals surface area contributed by atoms with E-state index in [9.17, 15) is 0 Å². The molecule has 0 saturated carbocycles. The lowest BCUT2D eigenvalue weighted by atomic mass is 9.39. The Hall–Kier alpha value is -2.11. The van der Waals surface area contributed by atoms with E-state index in [2.05, 4.69) is 94.6 Å². The van der Waals surface area contributed by atoms with Crippen LogP contribution in [-0.2, 0) is 11.5 Å². The summed E-state index contributed by atoms with van der Waals surface area (Å²) in [6.45, 7) is 3.09. The first-order chi connectivity index (χ1) is 12.7. The molecule has 0 atom stereocenters. The third kappa shape index (κ3) is 7.02. The van der Waals surface area contributed by atoms with Crippen molar-refractivity contribution in [1.82, 2.24) is 9.55 Å². The zero-order valence-corrected chi connectivity index (χ0v) is 16.8. The third-order valence-corrected chi connectivity index (χ3v) is 4.20. The first-order valence-electron chi connectivity index (χ1n) is 8.57. The molecule has 0 aliphatic heterocycles. The van der Waals surface area contributed by atoms with Crippen molar-refractivity contribution < 1.29 is 4.74 Å². The van der Waals surface area contributed by atoms with Gasteiger partial charge >= 0.3 is 0 Å². The summed E-state index contributed by atoms with van der Waals surface area (Å²) in [5.74, 6) is 0. The van der Waals surface area contributed by atoms with E-state index in [1.165, 1.54) is 15.4 Å². The number of methoxy groups -OCH3 is 1. The van der Waals surface area contributed by atoms with E-state index in [0.29, 0.717) is 13.4 Å². The Morgan fingerprint density at radius 3 is 2.08 bits per heavy atom. The highest BCUT2D eigenvalue weighted by molar-refractivity contribution is 9.11. The first-order valence-corrected chi connectivity index (χ1v) is 9.37. The predicted molar refractivity (Wildman–Crippen MR) is 115 cm³/mol. The molecule has 1 heterocycles. The molecule has 0 radical (unpaired) electrons. The zero-order chi connectivity index (χ0) is 18.6. The van der Waals surface area contributed by atoms with Gasteiger partial charge in [0, 0.05) is 19.5 Å². The van der Waals surface area contributed by atoms with Gasteiger partial charge in [0.1, 0.15) is 6.73 Å². The largest absolute Gasteiger partial charge is 0.364 e. The van der Waals surface area contributed by atoms with Gasteiger partial charge in [-0.05, 0) is 17.7 Å². The van der Waals surface area contributed by atoms with Crippen LogP contribution in [0, 0.1) is 0 Å². The number of nitrogens with zero attached hydrogens (tertiary/aromatic N) is 2. The summed E-state index contributed by atoms with van der Waals surface area (Å²) in [4.78, 5) is 3.82. The van der Waals surface area contributed by atoms with Gasteiger partial charge < -0.3 is 9.30 Å². The molecule has 0 unspecified atom stereocenters. The van der Waals surface area contributed by atoms with Crippen LogP contribution in [0.4, 0.5) is 0 Å². The van der Waals surface area contributed by atoms with Gasteiger partial charge in [-0.25, -0.2) is 4.98 Å². The molecule has 0 saturated heterocycles. The Balaban J connectivity index is 0.000000254. The van der Waals surface area contributed by atoms with Crippen molar-refractivity contribution in [1.29, 1.82) is 0 Å². The lowest BCUT2D eigenvalue weighted by molar-refractivity contribution is 0.131. The lowest BCUT2D eigenvalue weighted by Crippen LogP contribution is -2.41. The van der Waals surface area contributed by atoms with Crippen LogP contribution in [0.3, 0.4) is 0 Å². The monoisotopic (exact) mass is 410 g/mol. The summed E-state index contributed by atoms with van der Waals surface area (Å²) < 4.78 is 7.85. The minimum atomic E-state index is 0.430. The standard InChI is InChI=1S/C16H16BBr.C5H8N2O/c1-14(18)12-13-17(15-8-4-2-5-9-15)16-10-6-3-7-11-16;1-8-5-7-3-2-6-4-7/h2-12H,13H2,1H3;2-4H,5H2,1H3. The van der Waals surface area contributed by atoms with Crippen molar-refractivity contribution in [3.63, 3.8) is 0 Å². The highest BCUT2D eigenvalue weighted by atomic mass is 79.9. The Kier molecular flexibility index (Phi) is 8.94.